The Morgan fingerprint density at radius 3 is 2.24 bits per heavy atom. The number of aliphatic carboxylic acids is 1. The van der Waals surface area contributed by atoms with Crippen molar-refractivity contribution in [3.63, 3.8) is 0 Å². The van der Waals surface area contributed by atoms with Gasteiger partial charge in [0.25, 0.3) is 0 Å². The Labute approximate surface area is 100 Å². The molecular formula is C10H17NO5S. The second kappa shape index (κ2) is 4.64. The van der Waals surface area contributed by atoms with E-state index in [1.54, 1.807) is 6.92 Å². The lowest BCUT2D eigenvalue weighted by atomic mass is 9.68. The van der Waals surface area contributed by atoms with Crippen LogP contribution in [-0.2, 0) is 19.4 Å². The number of carbonyl (C=O) groups excluding carboxylic acids is 1. The zero-order chi connectivity index (χ0) is 13.3. The fraction of sp³-hybridized carbons (Fsp3) is 0.800. The van der Waals surface area contributed by atoms with E-state index in [0.717, 1.165) is 6.26 Å². The number of hydrogen-bond donors (Lipinski definition) is 2. The molecule has 1 saturated carbocycles. The van der Waals surface area contributed by atoms with Crippen molar-refractivity contribution in [2.24, 2.45) is 5.41 Å². The molecule has 7 heteroatoms. The molecule has 1 aliphatic rings. The normalized spacial score (nSPS) is 20.1. The van der Waals surface area contributed by atoms with E-state index in [0.29, 0.717) is 19.3 Å². The molecule has 0 radical (unpaired) electrons. The third kappa shape index (κ3) is 3.18. The van der Waals surface area contributed by atoms with Gasteiger partial charge in [-0.2, -0.15) is 0 Å². The maximum atomic E-state index is 11.8. The van der Waals surface area contributed by atoms with Crippen LogP contribution in [0.25, 0.3) is 0 Å². The van der Waals surface area contributed by atoms with Crippen LogP contribution >= 0.6 is 0 Å². The van der Waals surface area contributed by atoms with Gasteiger partial charge in [-0.1, -0.05) is 6.42 Å². The minimum atomic E-state index is -3.19. The number of rotatable bonds is 5. The molecule has 6 nitrogen and oxygen atoms in total. The summed E-state index contributed by atoms with van der Waals surface area (Å²) in [5, 5.41) is 11.5. The van der Waals surface area contributed by atoms with Gasteiger partial charge in [-0.25, -0.2) is 8.42 Å². The molecule has 0 bridgehead atoms. The van der Waals surface area contributed by atoms with Gasteiger partial charge in [0.15, 0.2) is 0 Å². The van der Waals surface area contributed by atoms with E-state index in [2.05, 4.69) is 5.32 Å². The highest BCUT2D eigenvalue weighted by Crippen LogP contribution is 2.41. The lowest BCUT2D eigenvalue weighted by Crippen LogP contribution is -2.53. The Morgan fingerprint density at radius 1 is 1.41 bits per heavy atom. The van der Waals surface area contributed by atoms with Crippen LogP contribution in [0, 0.1) is 5.41 Å². The average Bonchev–Trinajstić information content (AvgIpc) is 1.94. The third-order valence-electron chi connectivity index (χ3n) is 2.98. The summed E-state index contributed by atoms with van der Waals surface area (Å²) in [6.45, 7) is 1.55. The Balaban J connectivity index is 2.63. The summed E-state index contributed by atoms with van der Waals surface area (Å²) in [5.74, 6) is -1.89. The van der Waals surface area contributed by atoms with Crippen molar-refractivity contribution in [2.75, 3.05) is 12.0 Å². The molecule has 0 aromatic rings. The van der Waals surface area contributed by atoms with Crippen LogP contribution in [0.3, 0.4) is 0 Å². The fourth-order valence-electron chi connectivity index (χ4n) is 1.93. The monoisotopic (exact) mass is 263 g/mol. The van der Waals surface area contributed by atoms with Crippen molar-refractivity contribution in [3.05, 3.63) is 0 Å². The molecule has 0 heterocycles. The van der Waals surface area contributed by atoms with Gasteiger partial charge in [0, 0.05) is 12.3 Å². The summed E-state index contributed by atoms with van der Waals surface area (Å²) in [5.41, 5.74) is -1.34. The second-order valence-electron chi connectivity index (χ2n) is 4.71. The molecule has 2 N–H and O–H groups in total. The number of sulfone groups is 1. The van der Waals surface area contributed by atoms with Gasteiger partial charge in [0.05, 0.1) is 5.75 Å². The zero-order valence-electron chi connectivity index (χ0n) is 9.89. The minimum Gasteiger partial charge on any atom is -0.480 e. The first kappa shape index (κ1) is 14.0. The van der Waals surface area contributed by atoms with Crippen LogP contribution in [0.5, 0.6) is 0 Å². The van der Waals surface area contributed by atoms with Gasteiger partial charge in [0.1, 0.15) is 15.3 Å². The zero-order valence-corrected chi connectivity index (χ0v) is 10.7. The van der Waals surface area contributed by atoms with Crippen LogP contribution < -0.4 is 5.32 Å². The molecule has 1 amide bonds. The highest BCUT2D eigenvalue weighted by atomic mass is 32.2. The van der Waals surface area contributed by atoms with Crippen molar-refractivity contribution in [2.45, 2.75) is 32.2 Å². The standard InChI is InChI=1S/C10H17NO5S/c1-7(6-17(2,15)16)11-8(12)10(9(13)14)4-3-5-10/h7H,3-6H2,1-2H3,(H,11,12)(H,13,14). The van der Waals surface area contributed by atoms with Crippen molar-refractivity contribution >= 4 is 21.7 Å². The first-order valence-corrected chi connectivity index (χ1v) is 7.45. The van der Waals surface area contributed by atoms with E-state index in [4.69, 9.17) is 5.11 Å². The van der Waals surface area contributed by atoms with Gasteiger partial charge < -0.3 is 10.4 Å². The van der Waals surface area contributed by atoms with Crippen LogP contribution in [-0.4, -0.2) is 43.5 Å². The Morgan fingerprint density at radius 2 is 1.94 bits per heavy atom. The molecule has 1 rings (SSSR count). The summed E-state index contributed by atoms with van der Waals surface area (Å²) in [6, 6.07) is -0.575. The summed E-state index contributed by atoms with van der Waals surface area (Å²) < 4.78 is 22.0. The Kier molecular flexibility index (Phi) is 3.81. The van der Waals surface area contributed by atoms with E-state index in [-0.39, 0.29) is 5.75 Å². The summed E-state index contributed by atoms with van der Waals surface area (Å²) in [4.78, 5) is 22.8. The highest BCUT2D eigenvalue weighted by molar-refractivity contribution is 7.90. The topological polar surface area (TPSA) is 101 Å². The largest absolute Gasteiger partial charge is 0.480 e. The van der Waals surface area contributed by atoms with Crippen LogP contribution in [0.15, 0.2) is 0 Å². The van der Waals surface area contributed by atoms with E-state index in [9.17, 15) is 18.0 Å². The number of carbonyl (C=O) groups is 2. The van der Waals surface area contributed by atoms with Crippen molar-refractivity contribution in [1.29, 1.82) is 0 Å². The van der Waals surface area contributed by atoms with Gasteiger partial charge in [-0.05, 0) is 19.8 Å². The average molecular weight is 263 g/mol. The van der Waals surface area contributed by atoms with Crippen molar-refractivity contribution < 1.29 is 23.1 Å². The molecule has 1 fully saturated rings. The van der Waals surface area contributed by atoms with E-state index in [1.807, 2.05) is 0 Å². The molecule has 1 aliphatic carbocycles. The summed E-state index contributed by atoms with van der Waals surface area (Å²) in [7, 11) is -3.19. The second-order valence-corrected chi connectivity index (χ2v) is 6.89. The first-order valence-electron chi connectivity index (χ1n) is 5.39. The minimum absolute atomic E-state index is 0.186. The predicted molar refractivity (Wildman–Crippen MR) is 61.2 cm³/mol. The summed E-state index contributed by atoms with van der Waals surface area (Å²) in [6.07, 6.45) is 2.42. The van der Waals surface area contributed by atoms with Crippen LogP contribution in [0.4, 0.5) is 0 Å². The number of amides is 1. The molecule has 1 unspecified atom stereocenters. The molecule has 0 aromatic carbocycles. The number of carboxylic acids is 1. The Bertz CT molecular complexity index is 424. The van der Waals surface area contributed by atoms with Gasteiger partial charge in [-0.15, -0.1) is 0 Å². The molecule has 0 saturated heterocycles. The smallest absolute Gasteiger partial charge is 0.319 e. The third-order valence-corrected chi connectivity index (χ3v) is 4.09. The maximum Gasteiger partial charge on any atom is 0.319 e. The summed E-state index contributed by atoms with van der Waals surface area (Å²) >= 11 is 0. The quantitative estimate of drug-likeness (QED) is 0.668. The SMILES string of the molecule is CC(CS(C)(=O)=O)NC(=O)C1(C(=O)O)CCC1. The van der Waals surface area contributed by atoms with Crippen molar-refractivity contribution in [3.8, 4) is 0 Å². The van der Waals surface area contributed by atoms with Gasteiger partial charge >= 0.3 is 5.97 Å². The number of hydrogen-bond acceptors (Lipinski definition) is 4. The maximum absolute atomic E-state index is 11.8. The van der Waals surface area contributed by atoms with Crippen LogP contribution in [0.1, 0.15) is 26.2 Å². The lowest BCUT2D eigenvalue weighted by Gasteiger charge is -2.36. The van der Waals surface area contributed by atoms with Gasteiger partial charge in [0.2, 0.25) is 5.91 Å². The molecule has 0 aliphatic heterocycles. The molecule has 1 atom stereocenters. The van der Waals surface area contributed by atoms with E-state index in [1.165, 1.54) is 0 Å². The van der Waals surface area contributed by atoms with E-state index < -0.39 is 33.2 Å². The lowest BCUT2D eigenvalue weighted by molar-refractivity contribution is -0.162. The Hall–Kier alpha value is -1.11. The highest BCUT2D eigenvalue weighted by Gasteiger charge is 2.51. The molecule has 0 spiro atoms. The number of carboxylic acid groups (broad SMARTS) is 1. The molecule has 98 valence electrons. The molecular weight excluding hydrogens is 246 g/mol. The van der Waals surface area contributed by atoms with E-state index >= 15 is 0 Å². The molecule has 17 heavy (non-hydrogen) atoms. The van der Waals surface area contributed by atoms with Gasteiger partial charge in [-0.3, -0.25) is 9.59 Å². The first-order chi connectivity index (χ1) is 7.67. The van der Waals surface area contributed by atoms with Crippen molar-refractivity contribution in [1.82, 2.24) is 5.32 Å². The van der Waals surface area contributed by atoms with Crippen LogP contribution in [0.2, 0.25) is 0 Å². The molecule has 0 aromatic heterocycles. The predicted octanol–water partition coefficient (Wildman–Crippen LogP) is -0.209. The fourth-order valence-corrected chi connectivity index (χ4v) is 2.92. The number of nitrogens with one attached hydrogen (secondary N) is 1.